The summed E-state index contributed by atoms with van der Waals surface area (Å²) in [5.74, 6) is 1.26. The molecule has 2 aromatic heterocycles. The van der Waals surface area contributed by atoms with Crippen molar-refractivity contribution in [2.45, 2.75) is 19.9 Å². The Morgan fingerprint density at radius 3 is 2.80 bits per heavy atom. The van der Waals surface area contributed by atoms with Crippen molar-refractivity contribution in [2.75, 3.05) is 18.2 Å². The van der Waals surface area contributed by atoms with Gasteiger partial charge in [0.2, 0.25) is 5.89 Å². The largest absolute Gasteiger partial charge is 0.465 e. The molecule has 2 aromatic rings. The molecule has 106 valence electrons. The van der Waals surface area contributed by atoms with Crippen LogP contribution in [0.3, 0.4) is 0 Å². The number of aromatic nitrogens is 2. The van der Waals surface area contributed by atoms with Crippen LogP contribution in [0.15, 0.2) is 22.9 Å². The molecule has 0 saturated carbocycles. The first-order valence-electron chi connectivity index (χ1n) is 6.04. The number of esters is 1. The summed E-state index contributed by atoms with van der Waals surface area (Å²) in [6.45, 7) is 3.70. The number of nitrogens with two attached hydrogens (primary N) is 1. The maximum Gasteiger partial charge on any atom is 0.340 e. The molecule has 1 atom stereocenters. The van der Waals surface area contributed by atoms with E-state index in [2.05, 4.69) is 20.0 Å². The van der Waals surface area contributed by atoms with Crippen LogP contribution in [-0.2, 0) is 4.74 Å². The van der Waals surface area contributed by atoms with Crippen molar-refractivity contribution in [1.29, 1.82) is 0 Å². The Hall–Kier alpha value is -2.57. The zero-order valence-corrected chi connectivity index (χ0v) is 11.5. The summed E-state index contributed by atoms with van der Waals surface area (Å²) in [4.78, 5) is 19.8. The van der Waals surface area contributed by atoms with Gasteiger partial charge in [-0.25, -0.2) is 14.8 Å². The van der Waals surface area contributed by atoms with Gasteiger partial charge in [0.25, 0.3) is 0 Å². The third-order valence-electron chi connectivity index (χ3n) is 2.71. The number of methoxy groups -OCH3 is 1. The molecular formula is C13H16N4O3. The predicted molar refractivity (Wildman–Crippen MR) is 73.3 cm³/mol. The van der Waals surface area contributed by atoms with Crippen LogP contribution in [0, 0.1) is 6.92 Å². The SMILES string of the molecule is COC(=O)c1cc(NC(C)c2ncc(C)o2)ncc1N. The van der Waals surface area contributed by atoms with E-state index in [1.165, 1.54) is 19.4 Å². The minimum absolute atomic E-state index is 0.190. The van der Waals surface area contributed by atoms with Crippen molar-refractivity contribution in [3.8, 4) is 0 Å². The lowest BCUT2D eigenvalue weighted by Crippen LogP contribution is -2.11. The monoisotopic (exact) mass is 276 g/mol. The molecule has 1 unspecified atom stereocenters. The fraction of sp³-hybridized carbons (Fsp3) is 0.308. The number of aryl methyl sites for hydroxylation is 1. The molecule has 0 amide bonds. The number of carbonyl (C=O) groups excluding carboxylic acids is 1. The Labute approximate surface area is 116 Å². The summed E-state index contributed by atoms with van der Waals surface area (Å²) >= 11 is 0. The molecule has 0 aliphatic heterocycles. The second kappa shape index (κ2) is 5.60. The lowest BCUT2D eigenvalue weighted by molar-refractivity contribution is 0.0602. The number of ether oxygens (including phenoxy) is 1. The van der Waals surface area contributed by atoms with Gasteiger partial charge in [0.1, 0.15) is 17.6 Å². The normalized spacial score (nSPS) is 11.9. The Kier molecular flexibility index (Phi) is 3.88. The number of carbonyl (C=O) groups is 1. The summed E-state index contributed by atoms with van der Waals surface area (Å²) < 4.78 is 10.1. The van der Waals surface area contributed by atoms with E-state index in [9.17, 15) is 4.79 Å². The number of hydrogen-bond donors (Lipinski definition) is 2. The highest BCUT2D eigenvalue weighted by Crippen LogP contribution is 2.21. The number of anilines is 2. The van der Waals surface area contributed by atoms with E-state index in [4.69, 9.17) is 10.2 Å². The quantitative estimate of drug-likeness (QED) is 0.822. The van der Waals surface area contributed by atoms with E-state index >= 15 is 0 Å². The van der Waals surface area contributed by atoms with Gasteiger partial charge < -0.3 is 20.2 Å². The Balaban J connectivity index is 2.19. The van der Waals surface area contributed by atoms with E-state index in [0.717, 1.165) is 5.76 Å². The summed E-state index contributed by atoms with van der Waals surface area (Å²) in [6.07, 6.45) is 3.05. The van der Waals surface area contributed by atoms with Crippen LogP contribution in [0.5, 0.6) is 0 Å². The summed E-state index contributed by atoms with van der Waals surface area (Å²) in [7, 11) is 1.30. The van der Waals surface area contributed by atoms with Crippen molar-refractivity contribution in [2.24, 2.45) is 0 Å². The third-order valence-corrected chi connectivity index (χ3v) is 2.71. The smallest absolute Gasteiger partial charge is 0.340 e. The highest BCUT2D eigenvalue weighted by Gasteiger charge is 2.15. The van der Waals surface area contributed by atoms with Crippen LogP contribution in [0.2, 0.25) is 0 Å². The standard InChI is InChI=1S/C13H16N4O3/c1-7-5-16-12(20-7)8(2)17-11-4-9(13(18)19-3)10(14)6-15-11/h4-6,8H,14H2,1-3H3,(H,15,17). The van der Waals surface area contributed by atoms with Crippen LogP contribution >= 0.6 is 0 Å². The molecule has 7 nitrogen and oxygen atoms in total. The minimum atomic E-state index is -0.507. The fourth-order valence-electron chi connectivity index (χ4n) is 1.69. The van der Waals surface area contributed by atoms with Crippen molar-refractivity contribution in [3.05, 3.63) is 35.7 Å². The van der Waals surface area contributed by atoms with Crippen molar-refractivity contribution in [1.82, 2.24) is 9.97 Å². The zero-order valence-electron chi connectivity index (χ0n) is 11.5. The average molecular weight is 276 g/mol. The summed E-state index contributed by atoms with van der Waals surface area (Å²) in [6, 6.07) is 1.35. The van der Waals surface area contributed by atoms with Gasteiger partial charge in [-0.1, -0.05) is 0 Å². The average Bonchev–Trinajstić information content (AvgIpc) is 2.87. The van der Waals surface area contributed by atoms with Gasteiger partial charge in [-0.2, -0.15) is 0 Å². The number of oxazole rings is 1. The first-order chi connectivity index (χ1) is 9.51. The molecule has 0 aliphatic carbocycles. The number of pyridine rings is 1. The van der Waals surface area contributed by atoms with Crippen LogP contribution < -0.4 is 11.1 Å². The first kappa shape index (κ1) is 13.9. The maximum atomic E-state index is 11.6. The zero-order chi connectivity index (χ0) is 14.7. The Morgan fingerprint density at radius 2 is 2.20 bits per heavy atom. The van der Waals surface area contributed by atoms with E-state index in [-0.39, 0.29) is 17.3 Å². The van der Waals surface area contributed by atoms with E-state index < -0.39 is 5.97 Å². The lowest BCUT2D eigenvalue weighted by Gasteiger charge is -2.12. The predicted octanol–water partition coefficient (Wildman–Crippen LogP) is 1.92. The molecule has 0 aromatic carbocycles. The van der Waals surface area contributed by atoms with Crippen LogP contribution in [0.1, 0.15) is 35.0 Å². The number of nitrogens with one attached hydrogen (secondary N) is 1. The summed E-state index contributed by atoms with van der Waals surface area (Å²) in [5, 5.41) is 3.09. The van der Waals surface area contributed by atoms with E-state index in [1.54, 1.807) is 6.20 Å². The van der Waals surface area contributed by atoms with Crippen molar-refractivity contribution >= 4 is 17.5 Å². The third kappa shape index (κ3) is 2.87. The van der Waals surface area contributed by atoms with Gasteiger partial charge in [-0.3, -0.25) is 0 Å². The number of nitrogens with zero attached hydrogens (tertiary/aromatic N) is 2. The van der Waals surface area contributed by atoms with Crippen LogP contribution in [0.25, 0.3) is 0 Å². The highest BCUT2D eigenvalue weighted by atomic mass is 16.5. The molecule has 2 heterocycles. The van der Waals surface area contributed by atoms with E-state index in [1.807, 2.05) is 13.8 Å². The topological polar surface area (TPSA) is 103 Å². The molecule has 20 heavy (non-hydrogen) atoms. The number of nitrogen functional groups attached to an aromatic ring is 1. The molecule has 0 aliphatic rings. The molecule has 0 bridgehead atoms. The minimum Gasteiger partial charge on any atom is -0.465 e. The summed E-state index contributed by atoms with van der Waals surface area (Å²) in [5.41, 5.74) is 6.22. The second-order valence-corrected chi connectivity index (χ2v) is 4.32. The van der Waals surface area contributed by atoms with Gasteiger partial charge in [0, 0.05) is 0 Å². The Morgan fingerprint density at radius 1 is 1.45 bits per heavy atom. The molecule has 0 radical (unpaired) electrons. The van der Waals surface area contributed by atoms with Crippen molar-refractivity contribution in [3.63, 3.8) is 0 Å². The molecule has 0 fully saturated rings. The van der Waals surface area contributed by atoms with Gasteiger partial charge in [-0.05, 0) is 19.9 Å². The number of hydrogen-bond acceptors (Lipinski definition) is 7. The van der Waals surface area contributed by atoms with Crippen LogP contribution in [0.4, 0.5) is 11.5 Å². The molecular weight excluding hydrogens is 260 g/mol. The van der Waals surface area contributed by atoms with Crippen molar-refractivity contribution < 1.29 is 13.9 Å². The van der Waals surface area contributed by atoms with Gasteiger partial charge in [0.05, 0.1) is 30.8 Å². The molecule has 0 spiro atoms. The highest BCUT2D eigenvalue weighted by molar-refractivity contribution is 5.95. The van der Waals surface area contributed by atoms with Crippen LogP contribution in [-0.4, -0.2) is 23.0 Å². The lowest BCUT2D eigenvalue weighted by atomic mass is 10.2. The first-order valence-corrected chi connectivity index (χ1v) is 6.04. The molecule has 7 heteroatoms. The van der Waals surface area contributed by atoms with Gasteiger partial charge in [0.15, 0.2) is 0 Å². The Bertz CT molecular complexity index is 624. The molecule has 0 saturated heterocycles. The fourth-order valence-corrected chi connectivity index (χ4v) is 1.69. The van der Waals surface area contributed by atoms with Gasteiger partial charge >= 0.3 is 5.97 Å². The molecule has 3 N–H and O–H groups in total. The number of rotatable bonds is 4. The second-order valence-electron chi connectivity index (χ2n) is 4.32. The maximum absolute atomic E-state index is 11.6. The van der Waals surface area contributed by atoms with E-state index in [0.29, 0.717) is 11.7 Å². The molecule has 2 rings (SSSR count). The van der Waals surface area contributed by atoms with Gasteiger partial charge in [-0.15, -0.1) is 0 Å².